The van der Waals surface area contributed by atoms with Crippen LogP contribution in [0.2, 0.25) is 0 Å². The van der Waals surface area contributed by atoms with Crippen molar-refractivity contribution in [3.8, 4) is 18.2 Å². The fraction of sp³-hybridized carbons (Fsp3) is 0.368. The minimum atomic E-state index is -0.298. The number of carbonyl (C=O) groups excluding carboxylic acids is 1. The second-order valence-corrected chi connectivity index (χ2v) is 6.08. The molecule has 126 valence electrons. The maximum Gasteiger partial charge on any atom is 0.227 e. The molecule has 25 heavy (non-hydrogen) atoms. The van der Waals surface area contributed by atoms with Crippen molar-refractivity contribution < 1.29 is 4.79 Å². The van der Waals surface area contributed by atoms with E-state index in [0.717, 1.165) is 31.2 Å². The van der Waals surface area contributed by atoms with Gasteiger partial charge >= 0.3 is 0 Å². The van der Waals surface area contributed by atoms with Crippen LogP contribution in [-0.2, 0) is 4.79 Å². The molecule has 0 saturated heterocycles. The molecular formula is C19H19N5O. The number of carbonyl (C=O) groups is 1. The van der Waals surface area contributed by atoms with Crippen molar-refractivity contribution in [3.63, 3.8) is 0 Å². The van der Waals surface area contributed by atoms with Crippen LogP contribution in [0.5, 0.6) is 0 Å². The highest BCUT2D eigenvalue weighted by molar-refractivity contribution is 5.96. The van der Waals surface area contributed by atoms with Gasteiger partial charge in [0.05, 0.1) is 11.4 Å². The molecule has 0 aromatic heterocycles. The number of anilines is 2. The standard InChI is InChI=1S/C19H19N5O/c1-13-7-8-16(24-19(25)14-5-3-2-4-6-14)17(9-13)23-18(12-22)15(10-20)11-21/h7-9,14,23H,2-6H2,1H3,(H,24,25). The lowest BCUT2D eigenvalue weighted by molar-refractivity contribution is -0.120. The van der Waals surface area contributed by atoms with Crippen LogP contribution in [0, 0.1) is 46.8 Å². The molecule has 0 heterocycles. The van der Waals surface area contributed by atoms with E-state index in [1.54, 1.807) is 24.3 Å². The van der Waals surface area contributed by atoms with Crippen LogP contribution in [-0.4, -0.2) is 5.91 Å². The number of allylic oxidation sites excluding steroid dienone is 2. The molecule has 6 nitrogen and oxygen atoms in total. The minimum Gasteiger partial charge on any atom is -0.343 e. The molecule has 1 aliphatic carbocycles. The highest BCUT2D eigenvalue weighted by Gasteiger charge is 2.22. The quantitative estimate of drug-likeness (QED) is 0.815. The Bertz CT molecular complexity index is 798. The molecule has 2 N–H and O–H groups in total. The van der Waals surface area contributed by atoms with Crippen LogP contribution in [0.1, 0.15) is 37.7 Å². The van der Waals surface area contributed by atoms with Crippen LogP contribution in [0.15, 0.2) is 29.5 Å². The van der Waals surface area contributed by atoms with Crippen molar-refractivity contribution in [3.05, 3.63) is 35.0 Å². The van der Waals surface area contributed by atoms with Crippen LogP contribution in [0.25, 0.3) is 0 Å². The maximum absolute atomic E-state index is 12.5. The monoisotopic (exact) mass is 333 g/mol. The molecule has 0 atom stereocenters. The summed E-state index contributed by atoms with van der Waals surface area (Å²) in [6.45, 7) is 1.88. The Morgan fingerprint density at radius 2 is 1.68 bits per heavy atom. The zero-order valence-corrected chi connectivity index (χ0v) is 14.1. The van der Waals surface area contributed by atoms with Gasteiger partial charge in [0.15, 0.2) is 5.57 Å². The van der Waals surface area contributed by atoms with Crippen LogP contribution in [0.4, 0.5) is 11.4 Å². The number of nitriles is 3. The van der Waals surface area contributed by atoms with E-state index in [4.69, 9.17) is 10.5 Å². The molecular weight excluding hydrogens is 314 g/mol. The van der Waals surface area contributed by atoms with Gasteiger partial charge in [-0.1, -0.05) is 25.3 Å². The van der Waals surface area contributed by atoms with Crippen molar-refractivity contribution in [2.45, 2.75) is 39.0 Å². The average molecular weight is 333 g/mol. The first-order chi connectivity index (χ1) is 12.1. The molecule has 1 aromatic carbocycles. The van der Waals surface area contributed by atoms with Gasteiger partial charge in [-0.2, -0.15) is 15.8 Å². The van der Waals surface area contributed by atoms with Crippen LogP contribution in [0.3, 0.4) is 0 Å². The normalized spacial score (nSPS) is 13.7. The van der Waals surface area contributed by atoms with Crippen molar-refractivity contribution in [1.82, 2.24) is 0 Å². The first-order valence-corrected chi connectivity index (χ1v) is 8.22. The van der Waals surface area contributed by atoms with E-state index in [9.17, 15) is 10.1 Å². The number of nitrogens with one attached hydrogen (secondary N) is 2. The summed E-state index contributed by atoms with van der Waals surface area (Å²) in [5.74, 6) is -0.0301. The molecule has 2 rings (SSSR count). The first kappa shape index (κ1) is 18.0. The number of nitrogens with zero attached hydrogens (tertiary/aromatic N) is 3. The van der Waals surface area contributed by atoms with Crippen molar-refractivity contribution in [1.29, 1.82) is 15.8 Å². The summed E-state index contributed by atoms with van der Waals surface area (Å²) in [5.41, 5.74) is 1.51. The van der Waals surface area contributed by atoms with Crippen molar-refractivity contribution in [2.75, 3.05) is 10.6 Å². The highest BCUT2D eigenvalue weighted by Crippen LogP contribution is 2.29. The number of hydrogen-bond acceptors (Lipinski definition) is 5. The summed E-state index contributed by atoms with van der Waals surface area (Å²) >= 11 is 0. The lowest BCUT2D eigenvalue weighted by Crippen LogP contribution is -2.25. The summed E-state index contributed by atoms with van der Waals surface area (Å²) in [7, 11) is 0. The molecule has 1 aromatic rings. The second-order valence-electron chi connectivity index (χ2n) is 6.08. The predicted octanol–water partition coefficient (Wildman–Crippen LogP) is 3.75. The van der Waals surface area contributed by atoms with E-state index in [1.807, 2.05) is 19.1 Å². The largest absolute Gasteiger partial charge is 0.343 e. The van der Waals surface area contributed by atoms with Gasteiger partial charge < -0.3 is 10.6 Å². The lowest BCUT2D eigenvalue weighted by atomic mass is 9.88. The van der Waals surface area contributed by atoms with Crippen molar-refractivity contribution >= 4 is 17.3 Å². The van der Waals surface area contributed by atoms with Gasteiger partial charge in [-0.05, 0) is 37.5 Å². The van der Waals surface area contributed by atoms with Gasteiger partial charge in [-0.25, -0.2) is 0 Å². The van der Waals surface area contributed by atoms with E-state index in [0.29, 0.717) is 11.4 Å². The molecule has 0 radical (unpaired) electrons. The molecule has 1 fully saturated rings. The molecule has 0 bridgehead atoms. The Hall–Kier alpha value is -3.30. The summed E-state index contributed by atoms with van der Waals surface area (Å²) in [5, 5.41) is 32.8. The Kier molecular flexibility index (Phi) is 6.15. The first-order valence-electron chi connectivity index (χ1n) is 8.22. The van der Waals surface area contributed by atoms with Gasteiger partial charge in [-0.3, -0.25) is 4.79 Å². The summed E-state index contributed by atoms with van der Waals surface area (Å²) in [6.07, 6.45) is 5.06. The van der Waals surface area contributed by atoms with Crippen LogP contribution >= 0.6 is 0 Å². The molecule has 6 heteroatoms. The van der Waals surface area contributed by atoms with Gasteiger partial charge in [0, 0.05) is 5.92 Å². The number of hydrogen-bond donors (Lipinski definition) is 2. The third-order valence-electron chi connectivity index (χ3n) is 4.25. The maximum atomic E-state index is 12.5. The van der Waals surface area contributed by atoms with E-state index in [2.05, 4.69) is 10.6 Å². The zero-order chi connectivity index (χ0) is 18.2. The number of benzene rings is 1. The number of aryl methyl sites for hydroxylation is 1. The van der Waals surface area contributed by atoms with Crippen LogP contribution < -0.4 is 10.6 Å². The molecule has 0 unspecified atom stereocenters. The average Bonchev–Trinajstić information content (AvgIpc) is 2.64. The Balaban J connectivity index is 2.27. The molecule has 0 aliphatic heterocycles. The van der Waals surface area contributed by atoms with Gasteiger partial charge in [0.1, 0.15) is 23.9 Å². The predicted molar refractivity (Wildman–Crippen MR) is 93.9 cm³/mol. The molecule has 1 amide bonds. The fourth-order valence-electron chi connectivity index (χ4n) is 2.89. The van der Waals surface area contributed by atoms with Gasteiger partial charge in [0.25, 0.3) is 0 Å². The Labute approximate surface area is 147 Å². The van der Waals surface area contributed by atoms with E-state index in [1.165, 1.54) is 6.42 Å². The van der Waals surface area contributed by atoms with Gasteiger partial charge in [0.2, 0.25) is 5.91 Å². The smallest absolute Gasteiger partial charge is 0.227 e. The fourth-order valence-corrected chi connectivity index (χ4v) is 2.89. The lowest BCUT2D eigenvalue weighted by Gasteiger charge is -2.22. The number of amides is 1. The Morgan fingerprint density at radius 3 is 2.28 bits per heavy atom. The summed E-state index contributed by atoms with van der Waals surface area (Å²) in [6, 6.07) is 10.6. The third-order valence-corrected chi connectivity index (χ3v) is 4.25. The summed E-state index contributed by atoms with van der Waals surface area (Å²) in [4.78, 5) is 12.5. The highest BCUT2D eigenvalue weighted by atomic mass is 16.1. The van der Waals surface area contributed by atoms with Gasteiger partial charge in [-0.15, -0.1) is 0 Å². The van der Waals surface area contributed by atoms with E-state index >= 15 is 0 Å². The van der Waals surface area contributed by atoms with E-state index in [-0.39, 0.29) is 23.1 Å². The SMILES string of the molecule is Cc1ccc(NC(=O)C2CCCCC2)c(NC(C#N)=C(C#N)C#N)c1. The number of rotatable bonds is 4. The zero-order valence-electron chi connectivity index (χ0n) is 14.1. The van der Waals surface area contributed by atoms with Crippen molar-refractivity contribution in [2.24, 2.45) is 5.92 Å². The molecule has 1 saturated carbocycles. The minimum absolute atomic E-state index is 0.00246. The third kappa shape index (κ3) is 4.59. The summed E-state index contributed by atoms with van der Waals surface area (Å²) < 4.78 is 0. The topological polar surface area (TPSA) is 112 Å². The Morgan fingerprint density at radius 1 is 1.00 bits per heavy atom. The molecule has 0 spiro atoms. The second kappa shape index (κ2) is 8.52. The van der Waals surface area contributed by atoms with E-state index < -0.39 is 0 Å². The molecule has 1 aliphatic rings.